The zero-order chi connectivity index (χ0) is 25.4. The van der Waals surface area contributed by atoms with E-state index in [1.807, 2.05) is 5.32 Å². The van der Waals surface area contributed by atoms with Crippen LogP contribution in [-0.2, 0) is 35.3 Å². The van der Waals surface area contributed by atoms with Gasteiger partial charge in [-0.05, 0) is 30.3 Å². The van der Waals surface area contributed by atoms with Crippen LogP contribution in [0, 0.1) is 10.1 Å². The van der Waals surface area contributed by atoms with Crippen molar-refractivity contribution in [3.8, 4) is 0 Å². The van der Waals surface area contributed by atoms with Gasteiger partial charge in [-0.15, -0.1) is 0 Å². The van der Waals surface area contributed by atoms with Gasteiger partial charge in [-0.3, -0.25) is 19.1 Å². The van der Waals surface area contributed by atoms with Crippen molar-refractivity contribution in [1.29, 1.82) is 0 Å². The third kappa shape index (κ3) is 5.87. The minimum atomic E-state index is -5.78. The maximum Gasteiger partial charge on any atom is 0.501 e. The van der Waals surface area contributed by atoms with Gasteiger partial charge in [0.1, 0.15) is 10.6 Å². The molecule has 2 aromatic rings. The summed E-state index contributed by atoms with van der Waals surface area (Å²) in [6.45, 7) is 0. The standard InChI is InChI=1S/C16H12ClF3N2O8S3/c1-31(26)9-2-5-14(13(6-9)22(24)25)32(27,28)8-15(23)21-12-7-10(3-4-11(12)17)33(29,30)16(18,19)20/h2-7H,8H2,1H3,(H,21,23). The van der Waals surface area contributed by atoms with Gasteiger partial charge in [-0.2, -0.15) is 13.2 Å². The molecule has 1 unspecified atom stereocenters. The average molecular weight is 549 g/mol. The summed E-state index contributed by atoms with van der Waals surface area (Å²) < 4.78 is 97.9. The fraction of sp³-hybridized carbons (Fsp3) is 0.188. The molecule has 0 aliphatic rings. The second-order valence-electron chi connectivity index (χ2n) is 6.24. The number of amides is 1. The molecule has 33 heavy (non-hydrogen) atoms. The zero-order valence-electron chi connectivity index (χ0n) is 16.1. The van der Waals surface area contributed by atoms with Gasteiger partial charge in [0, 0.05) is 17.2 Å². The fourth-order valence-corrected chi connectivity index (χ4v) is 5.21. The lowest BCUT2D eigenvalue weighted by Crippen LogP contribution is -2.25. The van der Waals surface area contributed by atoms with Crippen molar-refractivity contribution in [2.75, 3.05) is 17.3 Å². The minimum Gasteiger partial charge on any atom is -0.324 e. The smallest absolute Gasteiger partial charge is 0.324 e. The van der Waals surface area contributed by atoms with E-state index in [0.29, 0.717) is 12.1 Å². The zero-order valence-corrected chi connectivity index (χ0v) is 19.3. The molecule has 0 aliphatic carbocycles. The van der Waals surface area contributed by atoms with Crippen LogP contribution < -0.4 is 5.32 Å². The van der Waals surface area contributed by atoms with E-state index in [4.69, 9.17) is 11.6 Å². The molecule has 1 amide bonds. The number of hydrogen-bond acceptors (Lipinski definition) is 8. The van der Waals surface area contributed by atoms with Gasteiger partial charge in [-0.25, -0.2) is 16.8 Å². The van der Waals surface area contributed by atoms with Gasteiger partial charge in [-0.1, -0.05) is 11.6 Å². The van der Waals surface area contributed by atoms with E-state index in [1.165, 1.54) is 6.26 Å². The van der Waals surface area contributed by atoms with Gasteiger partial charge < -0.3 is 5.32 Å². The minimum absolute atomic E-state index is 0.0421. The van der Waals surface area contributed by atoms with Gasteiger partial charge in [0.2, 0.25) is 5.91 Å². The van der Waals surface area contributed by atoms with E-state index in [-0.39, 0.29) is 4.90 Å². The number of nitrogens with zero attached hydrogens (tertiary/aromatic N) is 1. The van der Waals surface area contributed by atoms with Crippen LogP contribution in [0.5, 0.6) is 0 Å². The predicted octanol–water partition coefficient (Wildman–Crippen LogP) is 2.69. The molecule has 0 aliphatic heterocycles. The van der Waals surface area contributed by atoms with Crippen LogP contribution in [0.2, 0.25) is 5.02 Å². The molecular formula is C16H12ClF3N2O8S3. The number of alkyl halides is 3. The van der Waals surface area contributed by atoms with Crippen LogP contribution in [0.3, 0.4) is 0 Å². The Balaban J connectivity index is 2.38. The van der Waals surface area contributed by atoms with Crippen LogP contribution in [0.15, 0.2) is 51.1 Å². The van der Waals surface area contributed by atoms with E-state index in [1.54, 1.807) is 0 Å². The highest BCUT2D eigenvalue weighted by Gasteiger charge is 2.47. The third-order valence-corrected chi connectivity index (χ3v) is 8.33. The molecule has 1 N–H and O–H groups in total. The van der Waals surface area contributed by atoms with Gasteiger partial charge in [0.25, 0.3) is 15.5 Å². The summed E-state index contributed by atoms with van der Waals surface area (Å²) in [5.74, 6) is -2.76. The summed E-state index contributed by atoms with van der Waals surface area (Å²) in [4.78, 5) is 20.3. The Hall–Kier alpha value is -2.56. The summed E-state index contributed by atoms with van der Waals surface area (Å²) in [5.41, 5.74) is -7.21. The lowest BCUT2D eigenvalue weighted by molar-refractivity contribution is -0.388. The van der Waals surface area contributed by atoms with Crippen LogP contribution in [0.1, 0.15) is 0 Å². The number of nitrogens with one attached hydrogen (secondary N) is 1. The maximum absolute atomic E-state index is 12.7. The van der Waals surface area contributed by atoms with Crippen molar-refractivity contribution >= 4 is 59.4 Å². The van der Waals surface area contributed by atoms with Crippen molar-refractivity contribution in [2.24, 2.45) is 0 Å². The first-order chi connectivity index (χ1) is 15.0. The normalized spacial score (nSPS) is 13.4. The van der Waals surface area contributed by atoms with Crippen molar-refractivity contribution < 1.29 is 43.9 Å². The molecule has 2 aromatic carbocycles. The Kier molecular flexibility index (Phi) is 7.57. The molecule has 0 fully saturated rings. The van der Waals surface area contributed by atoms with Crippen molar-refractivity contribution in [2.45, 2.75) is 20.2 Å². The second-order valence-corrected chi connectivity index (χ2v) is 11.9. The van der Waals surface area contributed by atoms with Crippen molar-refractivity contribution in [3.05, 3.63) is 51.5 Å². The molecule has 0 bridgehead atoms. The maximum atomic E-state index is 12.7. The monoisotopic (exact) mass is 548 g/mol. The summed E-state index contributed by atoms with van der Waals surface area (Å²) in [6.07, 6.45) is 1.21. The number of carbonyl (C=O) groups excluding carboxylic acids is 1. The number of nitro groups is 1. The number of halogens is 4. The molecule has 0 saturated carbocycles. The largest absolute Gasteiger partial charge is 0.501 e. The molecule has 0 spiro atoms. The Morgan fingerprint density at radius 2 is 1.76 bits per heavy atom. The van der Waals surface area contributed by atoms with E-state index in [2.05, 4.69) is 0 Å². The number of benzene rings is 2. The lowest BCUT2D eigenvalue weighted by atomic mass is 10.3. The SMILES string of the molecule is CS(=O)c1ccc(S(=O)(=O)CC(=O)Nc2cc(S(=O)(=O)C(F)(F)F)ccc2Cl)c([N+](=O)[O-])c1. The number of hydrogen-bond donors (Lipinski definition) is 1. The summed E-state index contributed by atoms with van der Waals surface area (Å²) in [7, 11) is -12.1. The molecule has 2 rings (SSSR count). The van der Waals surface area contributed by atoms with Gasteiger partial charge in [0.05, 0.1) is 31.3 Å². The Bertz CT molecular complexity index is 1380. The quantitative estimate of drug-likeness (QED) is 0.408. The first-order valence-corrected chi connectivity index (χ1v) is 13.3. The molecule has 1 atom stereocenters. The highest BCUT2D eigenvalue weighted by Crippen LogP contribution is 2.34. The first-order valence-electron chi connectivity index (χ1n) is 8.23. The van der Waals surface area contributed by atoms with Crippen LogP contribution in [-0.4, -0.2) is 49.4 Å². The first kappa shape index (κ1) is 26.7. The van der Waals surface area contributed by atoms with Crippen molar-refractivity contribution in [1.82, 2.24) is 0 Å². The molecule has 180 valence electrons. The molecule has 0 heterocycles. The van der Waals surface area contributed by atoms with E-state index in [0.717, 1.165) is 24.3 Å². The topological polar surface area (TPSA) is 158 Å². The second kappa shape index (κ2) is 9.36. The van der Waals surface area contributed by atoms with Crippen molar-refractivity contribution in [3.63, 3.8) is 0 Å². The Morgan fingerprint density at radius 3 is 2.27 bits per heavy atom. The Morgan fingerprint density at radius 1 is 1.15 bits per heavy atom. The summed E-state index contributed by atoms with van der Waals surface area (Å²) in [5, 5.41) is 12.7. The lowest BCUT2D eigenvalue weighted by Gasteiger charge is -2.12. The van der Waals surface area contributed by atoms with E-state index < -0.39 is 78.8 Å². The number of sulfone groups is 2. The average Bonchev–Trinajstić information content (AvgIpc) is 2.67. The van der Waals surface area contributed by atoms with Crippen LogP contribution in [0.4, 0.5) is 24.5 Å². The highest BCUT2D eigenvalue weighted by molar-refractivity contribution is 7.92. The van der Waals surface area contributed by atoms with Gasteiger partial charge >= 0.3 is 5.51 Å². The number of rotatable bonds is 7. The number of anilines is 1. The number of nitro benzene ring substituents is 1. The summed E-state index contributed by atoms with van der Waals surface area (Å²) >= 11 is 5.75. The Labute approximate surface area is 192 Å². The van der Waals surface area contributed by atoms with Crippen LogP contribution >= 0.6 is 11.6 Å². The molecule has 0 saturated heterocycles. The summed E-state index contributed by atoms with van der Waals surface area (Å²) in [6, 6.07) is 4.29. The predicted molar refractivity (Wildman–Crippen MR) is 111 cm³/mol. The van der Waals surface area contributed by atoms with E-state index >= 15 is 0 Å². The van der Waals surface area contributed by atoms with Gasteiger partial charge in [0.15, 0.2) is 9.84 Å². The molecule has 17 heteroatoms. The molecule has 10 nitrogen and oxygen atoms in total. The fourth-order valence-electron chi connectivity index (χ4n) is 2.42. The highest BCUT2D eigenvalue weighted by atomic mass is 35.5. The van der Waals surface area contributed by atoms with Crippen LogP contribution in [0.25, 0.3) is 0 Å². The molecule has 0 radical (unpaired) electrons. The third-order valence-electron chi connectivity index (χ3n) is 3.94. The molecular weight excluding hydrogens is 537 g/mol. The van der Waals surface area contributed by atoms with E-state index in [9.17, 15) is 49.1 Å². The molecule has 0 aromatic heterocycles. The number of carbonyl (C=O) groups is 1.